The number of pyridine rings is 1. The maximum Gasteiger partial charge on any atom is 0.199 e. The Morgan fingerprint density at radius 2 is 2.04 bits per heavy atom. The number of nitrogens with zero attached hydrogens (tertiary/aromatic N) is 3. The van der Waals surface area contributed by atoms with Crippen LogP contribution in [-0.4, -0.2) is 53.5 Å². The third kappa shape index (κ3) is 3.02. The zero-order chi connectivity index (χ0) is 20.1. The van der Waals surface area contributed by atoms with Gasteiger partial charge in [0.25, 0.3) is 0 Å². The molecular formula is C21H25N4O3+. The summed E-state index contributed by atoms with van der Waals surface area (Å²) in [6.07, 6.45) is 0.776. The van der Waals surface area contributed by atoms with E-state index >= 15 is 0 Å². The zero-order valence-corrected chi connectivity index (χ0v) is 16.6. The molecule has 7 heteroatoms. The van der Waals surface area contributed by atoms with Crippen LogP contribution in [0.5, 0.6) is 5.75 Å². The molecule has 4 aromatic rings. The molecule has 0 atom stereocenters. The molecule has 2 aromatic heterocycles. The standard InChI is InChI=1S/C21H24N4O3/c1-13-23-17-8-7-16(22-10-5-11-25(2,3)27)19-20(17)24(13)18-9-6-14(28-4)12-15(18)21(19)26/h6-9,12,27H,5,10-11H2,1-4H3/p+1. The number of ether oxygens (including phenoxy) is 1. The molecule has 146 valence electrons. The number of rotatable bonds is 6. The van der Waals surface area contributed by atoms with Crippen molar-refractivity contribution in [1.29, 1.82) is 0 Å². The Bertz CT molecular complexity index is 1220. The summed E-state index contributed by atoms with van der Waals surface area (Å²) < 4.78 is 7.29. The number of hydrogen-bond donors (Lipinski definition) is 2. The minimum absolute atomic E-state index is 0.0346. The zero-order valence-electron chi connectivity index (χ0n) is 16.6. The number of fused-ring (bicyclic) bond motifs is 2. The van der Waals surface area contributed by atoms with Gasteiger partial charge in [-0.1, -0.05) is 0 Å². The highest BCUT2D eigenvalue weighted by molar-refractivity contribution is 6.07. The number of hydrogen-bond acceptors (Lipinski definition) is 5. The van der Waals surface area contributed by atoms with Crippen molar-refractivity contribution in [3.63, 3.8) is 0 Å². The molecule has 2 heterocycles. The van der Waals surface area contributed by atoms with Crippen LogP contribution in [0.1, 0.15) is 12.2 Å². The first kappa shape index (κ1) is 18.5. The Labute approximate surface area is 162 Å². The molecule has 7 nitrogen and oxygen atoms in total. The van der Waals surface area contributed by atoms with E-state index in [4.69, 9.17) is 4.74 Å². The van der Waals surface area contributed by atoms with Crippen LogP contribution in [0.3, 0.4) is 0 Å². The van der Waals surface area contributed by atoms with Crippen molar-refractivity contribution in [2.75, 3.05) is 39.6 Å². The quantitative estimate of drug-likeness (QED) is 0.232. The summed E-state index contributed by atoms with van der Waals surface area (Å²) in [5.74, 6) is 1.49. The van der Waals surface area contributed by atoms with Gasteiger partial charge in [-0.25, -0.2) is 10.2 Å². The molecular weight excluding hydrogens is 356 g/mol. The lowest BCUT2D eigenvalue weighted by atomic mass is 10.1. The van der Waals surface area contributed by atoms with Gasteiger partial charge >= 0.3 is 0 Å². The molecule has 0 saturated heterocycles. The van der Waals surface area contributed by atoms with Crippen molar-refractivity contribution < 1.29 is 14.6 Å². The van der Waals surface area contributed by atoms with Crippen molar-refractivity contribution in [1.82, 2.24) is 9.38 Å². The Kier molecular flexibility index (Phi) is 4.36. The summed E-state index contributed by atoms with van der Waals surface area (Å²) in [5, 5.41) is 14.5. The molecule has 0 unspecified atom stereocenters. The molecule has 2 aromatic carbocycles. The van der Waals surface area contributed by atoms with E-state index in [0.29, 0.717) is 29.6 Å². The molecule has 0 radical (unpaired) electrons. The van der Waals surface area contributed by atoms with E-state index in [9.17, 15) is 10.0 Å². The van der Waals surface area contributed by atoms with Gasteiger partial charge in [-0.2, -0.15) is 4.65 Å². The van der Waals surface area contributed by atoms with E-state index < -0.39 is 0 Å². The Balaban J connectivity index is 1.90. The van der Waals surface area contributed by atoms with Crippen LogP contribution < -0.4 is 15.5 Å². The van der Waals surface area contributed by atoms with Crippen LogP contribution in [0.15, 0.2) is 35.1 Å². The van der Waals surface area contributed by atoms with Crippen molar-refractivity contribution in [3.05, 3.63) is 46.4 Å². The van der Waals surface area contributed by atoms with Crippen molar-refractivity contribution in [2.24, 2.45) is 0 Å². The lowest BCUT2D eigenvalue weighted by molar-refractivity contribution is -1.07. The van der Waals surface area contributed by atoms with Crippen LogP contribution >= 0.6 is 0 Å². The monoisotopic (exact) mass is 381 g/mol. The van der Waals surface area contributed by atoms with E-state index in [1.54, 1.807) is 27.3 Å². The van der Waals surface area contributed by atoms with E-state index in [2.05, 4.69) is 10.3 Å². The molecule has 0 bridgehead atoms. The summed E-state index contributed by atoms with van der Waals surface area (Å²) in [6, 6.07) is 9.41. The predicted octanol–water partition coefficient (Wildman–Crippen LogP) is 3.02. The highest BCUT2D eigenvalue weighted by atomic mass is 16.5. The second-order valence-corrected chi connectivity index (χ2v) is 7.69. The van der Waals surface area contributed by atoms with Gasteiger partial charge in [0.15, 0.2) is 5.43 Å². The number of benzene rings is 2. The molecule has 28 heavy (non-hydrogen) atoms. The second-order valence-electron chi connectivity index (χ2n) is 7.69. The number of aromatic nitrogens is 2. The molecule has 2 N–H and O–H groups in total. The smallest absolute Gasteiger partial charge is 0.199 e. The average Bonchev–Trinajstić information content (AvgIpc) is 2.98. The lowest BCUT2D eigenvalue weighted by Crippen LogP contribution is -2.36. The molecule has 0 aliphatic carbocycles. The van der Waals surface area contributed by atoms with Gasteiger partial charge in [0.1, 0.15) is 18.1 Å². The molecule has 0 fully saturated rings. The van der Waals surface area contributed by atoms with Crippen LogP contribution in [0.25, 0.3) is 27.3 Å². The lowest BCUT2D eigenvalue weighted by Gasteiger charge is -2.19. The highest BCUT2D eigenvalue weighted by Crippen LogP contribution is 2.31. The average molecular weight is 381 g/mol. The molecule has 0 amide bonds. The van der Waals surface area contributed by atoms with Crippen LogP contribution in [-0.2, 0) is 0 Å². The van der Waals surface area contributed by atoms with Gasteiger partial charge in [-0.3, -0.25) is 9.20 Å². The SMILES string of the molecule is COc1ccc2c(c1)c(=O)c1c(NCCC[N+](C)(C)O)ccc3nc(C)n2c31. The normalized spacial score (nSPS) is 12.3. The van der Waals surface area contributed by atoms with Crippen LogP contribution in [0, 0.1) is 6.92 Å². The first-order valence-electron chi connectivity index (χ1n) is 9.35. The third-order valence-electron chi connectivity index (χ3n) is 5.10. The minimum Gasteiger partial charge on any atom is -0.497 e. The van der Waals surface area contributed by atoms with E-state index in [-0.39, 0.29) is 10.1 Å². The van der Waals surface area contributed by atoms with Gasteiger partial charge in [0.05, 0.1) is 48.5 Å². The summed E-state index contributed by atoms with van der Waals surface area (Å²) in [6.45, 7) is 3.23. The van der Waals surface area contributed by atoms with Crippen LogP contribution in [0.2, 0.25) is 0 Å². The summed E-state index contributed by atoms with van der Waals surface area (Å²) in [5.41, 5.74) is 3.22. The van der Waals surface area contributed by atoms with Gasteiger partial charge in [-0.15, -0.1) is 0 Å². The topological polar surface area (TPSA) is 75.9 Å². The van der Waals surface area contributed by atoms with Crippen molar-refractivity contribution in [3.8, 4) is 5.75 Å². The first-order chi connectivity index (χ1) is 13.3. The number of aryl methyl sites for hydroxylation is 1. The predicted molar refractivity (Wildman–Crippen MR) is 111 cm³/mol. The third-order valence-corrected chi connectivity index (χ3v) is 5.10. The fraction of sp³-hybridized carbons (Fsp3) is 0.333. The van der Waals surface area contributed by atoms with E-state index in [1.165, 1.54) is 0 Å². The van der Waals surface area contributed by atoms with Gasteiger partial charge < -0.3 is 10.1 Å². The Morgan fingerprint density at radius 3 is 2.75 bits per heavy atom. The van der Waals surface area contributed by atoms with E-state index in [0.717, 1.165) is 34.5 Å². The van der Waals surface area contributed by atoms with Crippen molar-refractivity contribution in [2.45, 2.75) is 13.3 Å². The molecule has 0 spiro atoms. The fourth-order valence-corrected chi connectivity index (χ4v) is 3.80. The number of nitrogens with one attached hydrogen (secondary N) is 1. The number of anilines is 1. The maximum absolute atomic E-state index is 13.4. The molecule has 0 saturated carbocycles. The number of imidazole rings is 1. The van der Waals surface area contributed by atoms with Gasteiger partial charge in [0, 0.05) is 18.7 Å². The Morgan fingerprint density at radius 1 is 1.25 bits per heavy atom. The van der Waals surface area contributed by atoms with E-state index in [1.807, 2.05) is 35.6 Å². The summed E-state index contributed by atoms with van der Waals surface area (Å²) in [4.78, 5) is 18.1. The Hall–Kier alpha value is -2.90. The molecule has 0 aliphatic rings. The number of hydroxylamine groups is 3. The fourth-order valence-electron chi connectivity index (χ4n) is 3.80. The van der Waals surface area contributed by atoms with Gasteiger partial charge in [-0.05, 0) is 37.3 Å². The number of quaternary nitrogens is 1. The van der Waals surface area contributed by atoms with Gasteiger partial charge in [0.2, 0.25) is 0 Å². The number of methoxy groups -OCH3 is 1. The summed E-state index contributed by atoms with van der Waals surface area (Å²) in [7, 11) is 5.08. The highest BCUT2D eigenvalue weighted by Gasteiger charge is 2.19. The summed E-state index contributed by atoms with van der Waals surface area (Å²) >= 11 is 0. The van der Waals surface area contributed by atoms with Crippen LogP contribution in [0.4, 0.5) is 5.69 Å². The second kappa shape index (κ2) is 6.61. The first-order valence-corrected chi connectivity index (χ1v) is 9.35. The maximum atomic E-state index is 13.4. The molecule has 4 rings (SSSR count). The minimum atomic E-state index is -0.0777. The largest absolute Gasteiger partial charge is 0.497 e. The van der Waals surface area contributed by atoms with Crippen molar-refractivity contribution >= 4 is 33.0 Å². The molecule has 0 aliphatic heterocycles.